The number of methoxy groups -OCH3 is 1. The molecule has 1 aromatic heterocycles. The minimum Gasteiger partial charge on any atom is -0.495 e. The van der Waals surface area contributed by atoms with Gasteiger partial charge in [0.2, 0.25) is 0 Å². The zero-order valence-corrected chi connectivity index (χ0v) is 20.0. The number of carbonyl (C=O) groups excluding carboxylic acids is 2. The first kappa shape index (κ1) is 24.3. The van der Waals surface area contributed by atoms with Crippen molar-refractivity contribution >= 4 is 11.9 Å². The molecule has 1 aliphatic rings. The zero-order chi connectivity index (χ0) is 24.8. The number of aromatic nitrogens is 2. The van der Waals surface area contributed by atoms with Crippen molar-refractivity contribution in [2.45, 2.75) is 26.3 Å². The van der Waals surface area contributed by atoms with Crippen molar-refractivity contribution in [2.24, 2.45) is 5.92 Å². The number of carbonyl (C=O) groups is 2. The van der Waals surface area contributed by atoms with Gasteiger partial charge >= 0.3 is 6.03 Å². The Morgan fingerprint density at radius 2 is 1.86 bits per heavy atom. The SMILES string of the molecule is COc1cc(C(=O)NCC2CCN(C(=O)NCc3ccc(F)cc3)CC2)ccc1-n1cnc(C)c1. The van der Waals surface area contributed by atoms with Crippen LogP contribution in [0.2, 0.25) is 0 Å². The van der Waals surface area contributed by atoms with Crippen LogP contribution in [0, 0.1) is 18.7 Å². The van der Waals surface area contributed by atoms with Crippen molar-refractivity contribution in [3.8, 4) is 11.4 Å². The lowest BCUT2D eigenvalue weighted by Gasteiger charge is -2.32. The second kappa shape index (κ2) is 11.0. The molecule has 1 saturated heterocycles. The van der Waals surface area contributed by atoms with E-state index >= 15 is 0 Å². The Kier molecular flexibility index (Phi) is 7.64. The highest BCUT2D eigenvalue weighted by molar-refractivity contribution is 5.95. The molecular formula is C26H30FN5O3. The Labute approximate surface area is 204 Å². The number of hydrogen-bond donors (Lipinski definition) is 2. The summed E-state index contributed by atoms with van der Waals surface area (Å²) in [5.41, 5.74) is 3.09. The third-order valence-corrected chi connectivity index (χ3v) is 6.24. The summed E-state index contributed by atoms with van der Waals surface area (Å²) in [7, 11) is 1.58. The molecule has 1 aliphatic heterocycles. The predicted octanol–water partition coefficient (Wildman–Crippen LogP) is 3.68. The summed E-state index contributed by atoms with van der Waals surface area (Å²) in [6.45, 7) is 4.08. The van der Waals surface area contributed by atoms with Crippen LogP contribution < -0.4 is 15.4 Å². The number of imidazole rings is 1. The fourth-order valence-corrected chi connectivity index (χ4v) is 4.16. The van der Waals surface area contributed by atoms with Gasteiger partial charge < -0.3 is 24.8 Å². The van der Waals surface area contributed by atoms with E-state index in [1.165, 1.54) is 12.1 Å². The monoisotopic (exact) mass is 479 g/mol. The van der Waals surface area contributed by atoms with E-state index in [0.29, 0.717) is 43.4 Å². The molecule has 2 aromatic carbocycles. The molecule has 184 valence electrons. The largest absolute Gasteiger partial charge is 0.495 e. The fraction of sp³-hybridized carbons (Fsp3) is 0.346. The molecule has 9 heteroatoms. The number of likely N-dealkylation sites (tertiary alicyclic amines) is 1. The quantitative estimate of drug-likeness (QED) is 0.541. The van der Waals surface area contributed by atoms with E-state index in [-0.39, 0.29) is 17.8 Å². The fourth-order valence-electron chi connectivity index (χ4n) is 4.16. The van der Waals surface area contributed by atoms with E-state index in [1.807, 2.05) is 23.8 Å². The molecule has 1 fully saturated rings. The summed E-state index contributed by atoms with van der Waals surface area (Å²) in [5.74, 6) is 0.441. The van der Waals surface area contributed by atoms with E-state index in [0.717, 1.165) is 29.8 Å². The van der Waals surface area contributed by atoms with Crippen molar-refractivity contribution in [2.75, 3.05) is 26.7 Å². The van der Waals surface area contributed by atoms with E-state index in [1.54, 1.807) is 42.6 Å². The van der Waals surface area contributed by atoms with Crippen molar-refractivity contribution < 1.29 is 18.7 Å². The number of aryl methyl sites for hydroxylation is 1. The minimum absolute atomic E-state index is 0.128. The smallest absolute Gasteiger partial charge is 0.317 e. The molecule has 3 amide bonds. The number of rotatable bonds is 7. The second-order valence-electron chi connectivity index (χ2n) is 8.73. The number of benzene rings is 2. The average molecular weight is 480 g/mol. The van der Waals surface area contributed by atoms with Crippen molar-refractivity contribution in [1.29, 1.82) is 0 Å². The summed E-state index contributed by atoms with van der Waals surface area (Å²) >= 11 is 0. The van der Waals surface area contributed by atoms with Gasteiger partial charge in [0.15, 0.2) is 0 Å². The Bertz CT molecular complexity index is 1170. The van der Waals surface area contributed by atoms with Crippen LogP contribution in [-0.4, -0.2) is 53.1 Å². The molecule has 0 unspecified atom stereocenters. The van der Waals surface area contributed by atoms with Gasteiger partial charge in [-0.3, -0.25) is 4.79 Å². The third kappa shape index (κ3) is 6.17. The Hall–Kier alpha value is -3.88. The van der Waals surface area contributed by atoms with Crippen LogP contribution >= 0.6 is 0 Å². The first-order chi connectivity index (χ1) is 16.9. The van der Waals surface area contributed by atoms with Gasteiger partial charge in [-0.2, -0.15) is 0 Å². The average Bonchev–Trinajstić information content (AvgIpc) is 3.32. The predicted molar refractivity (Wildman–Crippen MR) is 130 cm³/mol. The number of nitrogens with zero attached hydrogens (tertiary/aromatic N) is 3. The lowest BCUT2D eigenvalue weighted by Crippen LogP contribution is -2.45. The molecule has 0 radical (unpaired) electrons. The van der Waals surface area contributed by atoms with Crippen LogP contribution in [0.4, 0.5) is 9.18 Å². The number of halogens is 1. The summed E-state index contributed by atoms with van der Waals surface area (Å²) in [6, 6.07) is 11.3. The minimum atomic E-state index is -0.296. The lowest BCUT2D eigenvalue weighted by molar-refractivity contribution is 0.0937. The molecule has 8 nitrogen and oxygen atoms in total. The van der Waals surface area contributed by atoms with Gasteiger partial charge in [-0.05, 0) is 61.6 Å². The van der Waals surface area contributed by atoms with E-state index in [2.05, 4.69) is 15.6 Å². The molecule has 0 spiro atoms. The Morgan fingerprint density at radius 3 is 2.51 bits per heavy atom. The summed E-state index contributed by atoms with van der Waals surface area (Å²) in [5, 5.41) is 5.90. The van der Waals surface area contributed by atoms with E-state index in [4.69, 9.17) is 4.74 Å². The van der Waals surface area contributed by atoms with Gasteiger partial charge in [0.1, 0.15) is 11.6 Å². The number of nitrogens with one attached hydrogen (secondary N) is 2. The van der Waals surface area contributed by atoms with Gasteiger partial charge in [0.05, 0.1) is 24.8 Å². The van der Waals surface area contributed by atoms with E-state index < -0.39 is 0 Å². The highest BCUT2D eigenvalue weighted by atomic mass is 19.1. The van der Waals surface area contributed by atoms with E-state index in [9.17, 15) is 14.0 Å². The molecule has 0 bridgehead atoms. The molecule has 3 aromatic rings. The molecule has 35 heavy (non-hydrogen) atoms. The Balaban J connectivity index is 1.23. The van der Waals surface area contributed by atoms with Gasteiger partial charge in [-0.15, -0.1) is 0 Å². The van der Waals surface area contributed by atoms with Crippen LogP contribution in [0.5, 0.6) is 5.75 Å². The van der Waals surface area contributed by atoms with Gasteiger partial charge in [0, 0.05) is 37.9 Å². The first-order valence-electron chi connectivity index (χ1n) is 11.7. The van der Waals surface area contributed by atoms with Crippen LogP contribution in [0.15, 0.2) is 55.0 Å². The van der Waals surface area contributed by atoms with Crippen LogP contribution in [0.1, 0.15) is 34.5 Å². The highest BCUT2D eigenvalue weighted by Gasteiger charge is 2.23. The maximum Gasteiger partial charge on any atom is 0.317 e. The van der Waals surface area contributed by atoms with Gasteiger partial charge in [-0.25, -0.2) is 14.2 Å². The number of urea groups is 1. The molecule has 2 N–H and O–H groups in total. The normalized spacial score (nSPS) is 14.0. The maximum atomic E-state index is 13.0. The van der Waals surface area contributed by atoms with Gasteiger partial charge in [0.25, 0.3) is 5.91 Å². The Morgan fingerprint density at radius 1 is 1.11 bits per heavy atom. The zero-order valence-electron chi connectivity index (χ0n) is 20.0. The molecule has 2 heterocycles. The number of amides is 3. The number of piperidine rings is 1. The van der Waals surface area contributed by atoms with Gasteiger partial charge in [-0.1, -0.05) is 12.1 Å². The molecule has 0 atom stereocenters. The highest BCUT2D eigenvalue weighted by Crippen LogP contribution is 2.25. The molecule has 4 rings (SSSR count). The van der Waals surface area contributed by atoms with Crippen LogP contribution in [0.25, 0.3) is 5.69 Å². The lowest BCUT2D eigenvalue weighted by atomic mass is 9.97. The number of hydrogen-bond acceptors (Lipinski definition) is 4. The van der Waals surface area contributed by atoms with Crippen molar-refractivity contribution in [1.82, 2.24) is 25.1 Å². The van der Waals surface area contributed by atoms with Crippen molar-refractivity contribution in [3.63, 3.8) is 0 Å². The van der Waals surface area contributed by atoms with Crippen LogP contribution in [0.3, 0.4) is 0 Å². The first-order valence-corrected chi connectivity index (χ1v) is 11.7. The molecule has 0 saturated carbocycles. The second-order valence-corrected chi connectivity index (χ2v) is 8.73. The maximum absolute atomic E-state index is 13.0. The summed E-state index contributed by atoms with van der Waals surface area (Å²) < 4.78 is 20.4. The molecule has 0 aliphatic carbocycles. The molecular weight excluding hydrogens is 449 g/mol. The van der Waals surface area contributed by atoms with Crippen LogP contribution in [-0.2, 0) is 6.54 Å². The number of ether oxygens (including phenoxy) is 1. The third-order valence-electron chi connectivity index (χ3n) is 6.24. The summed E-state index contributed by atoms with van der Waals surface area (Å²) in [6.07, 6.45) is 5.23. The summed E-state index contributed by atoms with van der Waals surface area (Å²) in [4.78, 5) is 31.2. The topological polar surface area (TPSA) is 88.5 Å². The van der Waals surface area contributed by atoms with Crippen molar-refractivity contribution in [3.05, 3.63) is 77.6 Å². The standard InChI is InChI=1S/C26H30FN5O3/c1-18-16-32(17-30-18)23-8-5-21(13-24(23)35-2)25(33)28-14-20-9-11-31(12-10-20)26(34)29-15-19-3-6-22(27)7-4-19/h3-8,13,16-17,20H,9-12,14-15H2,1-2H3,(H,28,33)(H,29,34).